The van der Waals surface area contributed by atoms with E-state index in [0.29, 0.717) is 30.3 Å². The van der Waals surface area contributed by atoms with Crippen LogP contribution in [0.3, 0.4) is 0 Å². The summed E-state index contributed by atoms with van der Waals surface area (Å²) in [6, 6.07) is 12.2. The normalized spacial score (nSPS) is 24.1. The van der Waals surface area contributed by atoms with Gasteiger partial charge in [0.25, 0.3) is 0 Å². The molecule has 1 aromatic heterocycles. The van der Waals surface area contributed by atoms with Crippen molar-refractivity contribution >= 4 is 18.1 Å². The van der Waals surface area contributed by atoms with E-state index >= 15 is 0 Å². The number of anilines is 2. The number of benzene rings is 1. The van der Waals surface area contributed by atoms with Crippen molar-refractivity contribution in [3.63, 3.8) is 0 Å². The lowest BCUT2D eigenvalue weighted by Crippen LogP contribution is -2.34. The Bertz CT molecular complexity index is 735. The Balaban J connectivity index is 1.61. The Kier molecular flexibility index (Phi) is 4.36. The van der Waals surface area contributed by atoms with E-state index in [1.54, 1.807) is 6.20 Å². The molecule has 2 heterocycles. The van der Waals surface area contributed by atoms with Crippen LogP contribution in [0.5, 0.6) is 0 Å². The van der Waals surface area contributed by atoms with Crippen molar-refractivity contribution in [1.82, 2.24) is 9.97 Å². The van der Waals surface area contributed by atoms with Crippen LogP contribution in [0.1, 0.15) is 31.4 Å². The first kappa shape index (κ1) is 16.0. The molecule has 6 nitrogen and oxygen atoms in total. The number of nitrogens with zero attached hydrogens (tertiary/aromatic N) is 3. The zero-order valence-electron chi connectivity index (χ0n) is 14.2. The molecule has 1 aromatic carbocycles. The van der Waals surface area contributed by atoms with E-state index in [2.05, 4.69) is 22.2 Å². The molecule has 0 bridgehead atoms. The maximum Gasteiger partial charge on any atom is 0.224 e. The van der Waals surface area contributed by atoms with E-state index < -0.39 is 6.23 Å². The first-order chi connectivity index (χ1) is 12.3. The number of aromatic nitrogens is 2. The van der Waals surface area contributed by atoms with Gasteiger partial charge in [-0.2, -0.15) is 4.98 Å². The summed E-state index contributed by atoms with van der Waals surface area (Å²) in [7, 11) is 0. The minimum Gasteiger partial charge on any atom is -0.351 e. The quantitative estimate of drug-likeness (QED) is 0.817. The van der Waals surface area contributed by atoms with Crippen LogP contribution in [0, 0.1) is 5.92 Å². The first-order valence-electron chi connectivity index (χ1n) is 8.76. The smallest absolute Gasteiger partial charge is 0.224 e. The molecular formula is C19H22N4O2. The van der Waals surface area contributed by atoms with Gasteiger partial charge in [0, 0.05) is 12.2 Å². The molecule has 4 rings (SSSR count). The van der Waals surface area contributed by atoms with E-state index in [-0.39, 0.29) is 6.04 Å². The third kappa shape index (κ3) is 3.35. The predicted octanol–water partition coefficient (Wildman–Crippen LogP) is 2.79. The van der Waals surface area contributed by atoms with Crippen LogP contribution < -0.4 is 10.2 Å². The van der Waals surface area contributed by atoms with Gasteiger partial charge in [-0.05, 0) is 37.3 Å². The number of carbonyl (C=O) groups excluding carboxylic acids is 1. The fourth-order valence-corrected chi connectivity index (χ4v) is 3.33. The van der Waals surface area contributed by atoms with Gasteiger partial charge >= 0.3 is 0 Å². The number of aldehydes is 1. The van der Waals surface area contributed by atoms with Crippen LogP contribution in [-0.4, -0.2) is 35.1 Å². The van der Waals surface area contributed by atoms with Crippen LogP contribution >= 0.6 is 0 Å². The van der Waals surface area contributed by atoms with Crippen LogP contribution in [0.25, 0.3) is 0 Å². The van der Waals surface area contributed by atoms with E-state index in [0.717, 1.165) is 11.8 Å². The second-order valence-electron chi connectivity index (χ2n) is 6.70. The summed E-state index contributed by atoms with van der Waals surface area (Å²) in [5.41, 5.74) is 1.10. The lowest BCUT2D eigenvalue weighted by molar-refractivity contribution is -0.115. The third-order valence-corrected chi connectivity index (χ3v) is 4.93. The average molecular weight is 338 g/mol. The first-order valence-corrected chi connectivity index (χ1v) is 8.76. The molecule has 3 atom stereocenters. The summed E-state index contributed by atoms with van der Waals surface area (Å²) in [6.45, 7) is 2.62. The van der Waals surface area contributed by atoms with Crippen molar-refractivity contribution in [2.75, 3.05) is 16.8 Å². The average Bonchev–Trinajstić information content (AvgIpc) is 3.41. The Labute approximate surface area is 147 Å². The molecular weight excluding hydrogens is 316 g/mol. The van der Waals surface area contributed by atoms with Crippen molar-refractivity contribution in [3.8, 4) is 0 Å². The summed E-state index contributed by atoms with van der Waals surface area (Å²) in [5, 5.41) is 3.38. The maximum atomic E-state index is 11.5. The van der Waals surface area contributed by atoms with Crippen LogP contribution in [-0.2, 0) is 9.53 Å². The lowest BCUT2D eigenvalue weighted by atomic mass is 10.1. The van der Waals surface area contributed by atoms with Crippen molar-refractivity contribution < 1.29 is 9.53 Å². The second-order valence-corrected chi connectivity index (χ2v) is 6.70. The lowest BCUT2D eigenvalue weighted by Gasteiger charge is -2.27. The minimum absolute atomic E-state index is 0.0417. The van der Waals surface area contributed by atoms with Crippen LogP contribution in [0.2, 0.25) is 0 Å². The largest absolute Gasteiger partial charge is 0.351 e. The standard InChI is InChI=1S/C19H22N4O2/c1-13(14-7-8-14)21-19-20-10-9-17(22-19)23-16(12-25-18(23)11-24)15-5-3-2-4-6-15/h2-6,9-11,13-14,16,18H,7-8,12H2,1H3,(H,20,21,22)/t13-,16-,18?/m0/s1. The van der Waals surface area contributed by atoms with Gasteiger partial charge in [-0.25, -0.2) is 4.98 Å². The number of nitrogens with one attached hydrogen (secondary N) is 1. The zero-order chi connectivity index (χ0) is 17.2. The second kappa shape index (κ2) is 6.80. The van der Waals surface area contributed by atoms with E-state index in [1.807, 2.05) is 41.3 Å². The van der Waals surface area contributed by atoms with E-state index in [1.165, 1.54) is 12.8 Å². The highest BCUT2D eigenvalue weighted by molar-refractivity contribution is 5.65. The molecule has 0 spiro atoms. The number of rotatable bonds is 6. The van der Waals surface area contributed by atoms with E-state index in [4.69, 9.17) is 4.74 Å². The number of hydrogen-bond acceptors (Lipinski definition) is 6. The molecule has 1 saturated carbocycles. The molecule has 2 aromatic rings. The van der Waals surface area contributed by atoms with Crippen molar-refractivity contribution in [3.05, 3.63) is 48.2 Å². The molecule has 0 radical (unpaired) electrons. The predicted molar refractivity (Wildman–Crippen MR) is 95.3 cm³/mol. The number of hydrogen-bond donors (Lipinski definition) is 1. The third-order valence-electron chi connectivity index (χ3n) is 4.93. The van der Waals surface area contributed by atoms with E-state index in [9.17, 15) is 4.79 Å². The van der Waals surface area contributed by atoms with Crippen molar-refractivity contribution in [1.29, 1.82) is 0 Å². The summed E-state index contributed by atoms with van der Waals surface area (Å²) in [5.74, 6) is 2.01. The molecule has 1 unspecified atom stereocenters. The summed E-state index contributed by atoms with van der Waals surface area (Å²) < 4.78 is 5.68. The van der Waals surface area contributed by atoms with Crippen molar-refractivity contribution in [2.24, 2.45) is 5.92 Å². The summed E-state index contributed by atoms with van der Waals surface area (Å²) in [4.78, 5) is 22.4. The maximum absolute atomic E-state index is 11.5. The topological polar surface area (TPSA) is 67.4 Å². The zero-order valence-corrected chi connectivity index (χ0v) is 14.2. The Hall–Kier alpha value is -2.47. The number of ether oxygens (including phenoxy) is 1. The van der Waals surface area contributed by atoms with Gasteiger partial charge in [0.1, 0.15) is 5.82 Å². The molecule has 25 heavy (non-hydrogen) atoms. The highest BCUT2D eigenvalue weighted by Crippen LogP contribution is 2.35. The van der Waals surface area contributed by atoms with Crippen molar-refractivity contribution in [2.45, 2.75) is 38.1 Å². The molecule has 1 saturated heterocycles. The molecule has 2 fully saturated rings. The van der Waals surface area contributed by atoms with Crippen LogP contribution in [0.4, 0.5) is 11.8 Å². The van der Waals surface area contributed by atoms with Crippen LogP contribution in [0.15, 0.2) is 42.6 Å². The molecule has 6 heteroatoms. The Morgan fingerprint density at radius 1 is 1.28 bits per heavy atom. The Morgan fingerprint density at radius 3 is 2.80 bits per heavy atom. The monoisotopic (exact) mass is 338 g/mol. The molecule has 130 valence electrons. The fourth-order valence-electron chi connectivity index (χ4n) is 3.33. The SMILES string of the molecule is C[C@H](Nc1nccc(N2C(C=O)OC[C@H]2c2ccccc2)n1)C1CC1. The minimum atomic E-state index is -0.631. The van der Waals surface area contributed by atoms with Gasteiger partial charge in [0.15, 0.2) is 12.5 Å². The van der Waals surface area contributed by atoms with Gasteiger partial charge < -0.3 is 15.0 Å². The molecule has 2 aliphatic rings. The fraction of sp³-hybridized carbons (Fsp3) is 0.421. The van der Waals surface area contributed by atoms with Gasteiger partial charge in [0.05, 0.1) is 12.6 Å². The Morgan fingerprint density at radius 2 is 2.08 bits per heavy atom. The van der Waals surface area contributed by atoms with Gasteiger partial charge in [-0.3, -0.25) is 4.79 Å². The molecule has 1 aliphatic heterocycles. The summed E-state index contributed by atoms with van der Waals surface area (Å²) in [6.07, 6.45) is 4.44. The molecule has 0 amide bonds. The van der Waals surface area contributed by atoms with Gasteiger partial charge in [0.2, 0.25) is 5.95 Å². The molecule has 1 aliphatic carbocycles. The van der Waals surface area contributed by atoms with Gasteiger partial charge in [-0.1, -0.05) is 30.3 Å². The number of carbonyl (C=O) groups is 1. The highest BCUT2D eigenvalue weighted by Gasteiger charge is 2.36. The van der Waals surface area contributed by atoms with Gasteiger partial charge in [-0.15, -0.1) is 0 Å². The summed E-state index contributed by atoms with van der Waals surface area (Å²) >= 11 is 0. The molecule has 1 N–H and O–H groups in total. The highest BCUT2D eigenvalue weighted by atomic mass is 16.5.